The lowest BCUT2D eigenvalue weighted by Crippen LogP contribution is -2.50. The maximum absolute atomic E-state index is 13.6. The molecule has 9 heteroatoms. The van der Waals surface area contributed by atoms with Crippen molar-refractivity contribution in [3.8, 4) is 11.5 Å². The predicted octanol–water partition coefficient (Wildman–Crippen LogP) is 5.77. The molecule has 3 aromatic heterocycles. The van der Waals surface area contributed by atoms with Gasteiger partial charge in [0.25, 0.3) is 5.91 Å². The highest BCUT2D eigenvalue weighted by Gasteiger charge is 2.28. The summed E-state index contributed by atoms with van der Waals surface area (Å²) in [4.78, 5) is 37.0. The van der Waals surface area contributed by atoms with E-state index in [2.05, 4.69) is 43.7 Å². The second-order valence-corrected chi connectivity index (χ2v) is 12.0. The van der Waals surface area contributed by atoms with Crippen LogP contribution in [0.2, 0.25) is 0 Å². The number of alkyl carbamates (subject to hydrolysis) is 1. The molecule has 216 valence electrons. The van der Waals surface area contributed by atoms with E-state index >= 15 is 0 Å². The fourth-order valence-corrected chi connectivity index (χ4v) is 5.74. The molecule has 1 atom stereocenters. The first-order chi connectivity index (χ1) is 20.2. The standard InChI is InChI=1S/C33H36N6O3/c1-33(2,3)42-32(41)35-25-11-8-16-38(21-25)31(40)24-13-14-28-26(17-24)36-30(37(28)4)29-18-23-10-5-6-12-27(23)39(29)20-22-9-7-15-34-19-22/h5-7,9-10,12-15,17-19,25H,8,11,16,20-21H2,1-4H3,(H,35,41)/t25-/m1/s1. The molecule has 2 amide bonds. The summed E-state index contributed by atoms with van der Waals surface area (Å²) in [6.07, 6.45) is 4.83. The molecular formula is C33H36N6O3. The van der Waals surface area contributed by atoms with E-state index in [4.69, 9.17) is 9.72 Å². The fraction of sp³-hybridized carbons (Fsp3) is 0.333. The summed E-state index contributed by atoms with van der Waals surface area (Å²) in [5, 5.41) is 4.06. The molecule has 6 rings (SSSR count). The van der Waals surface area contributed by atoms with Gasteiger partial charge in [-0.25, -0.2) is 9.78 Å². The van der Waals surface area contributed by atoms with Crippen molar-refractivity contribution in [1.82, 2.24) is 29.3 Å². The maximum Gasteiger partial charge on any atom is 0.407 e. The van der Waals surface area contributed by atoms with E-state index in [1.165, 1.54) is 0 Å². The van der Waals surface area contributed by atoms with E-state index in [-0.39, 0.29) is 11.9 Å². The summed E-state index contributed by atoms with van der Waals surface area (Å²) in [6.45, 7) is 7.26. The molecule has 1 aliphatic heterocycles. The van der Waals surface area contributed by atoms with Crippen LogP contribution >= 0.6 is 0 Å². The fourth-order valence-electron chi connectivity index (χ4n) is 5.74. The zero-order chi connectivity index (χ0) is 29.4. The number of aromatic nitrogens is 4. The lowest BCUT2D eigenvalue weighted by atomic mass is 10.0. The van der Waals surface area contributed by atoms with Gasteiger partial charge in [0, 0.05) is 61.6 Å². The van der Waals surface area contributed by atoms with E-state index < -0.39 is 11.7 Å². The number of rotatable bonds is 5. The van der Waals surface area contributed by atoms with Crippen LogP contribution < -0.4 is 5.32 Å². The summed E-state index contributed by atoms with van der Waals surface area (Å²) in [6, 6.07) is 20.1. The van der Waals surface area contributed by atoms with Crippen molar-refractivity contribution in [3.05, 3.63) is 84.2 Å². The van der Waals surface area contributed by atoms with Gasteiger partial charge < -0.3 is 24.1 Å². The van der Waals surface area contributed by atoms with Gasteiger partial charge in [-0.3, -0.25) is 9.78 Å². The Kier molecular flexibility index (Phi) is 7.18. The normalized spacial score (nSPS) is 15.7. The first-order valence-corrected chi connectivity index (χ1v) is 14.4. The molecule has 0 saturated carbocycles. The van der Waals surface area contributed by atoms with Crippen LogP contribution in [0.15, 0.2) is 73.1 Å². The minimum absolute atomic E-state index is 0.0644. The predicted molar refractivity (Wildman–Crippen MR) is 163 cm³/mol. The number of carbonyl (C=O) groups is 2. The quantitative estimate of drug-likeness (QED) is 0.293. The largest absolute Gasteiger partial charge is 0.444 e. The number of carbonyl (C=O) groups excluding carboxylic acids is 2. The molecule has 0 radical (unpaired) electrons. The molecule has 2 aromatic carbocycles. The molecular weight excluding hydrogens is 528 g/mol. The smallest absolute Gasteiger partial charge is 0.407 e. The summed E-state index contributed by atoms with van der Waals surface area (Å²) in [5.74, 6) is 0.764. The second-order valence-electron chi connectivity index (χ2n) is 12.0. The van der Waals surface area contributed by atoms with Gasteiger partial charge in [0.2, 0.25) is 0 Å². The molecule has 0 aliphatic carbocycles. The Morgan fingerprint density at radius 3 is 2.67 bits per heavy atom. The van der Waals surface area contributed by atoms with Gasteiger partial charge in [0.1, 0.15) is 5.60 Å². The number of imidazole rings is 1. The minimum atomic E-state index is -0.571. The van der Waals surface area contributed by atoms with Gasteiger partial charge in [0.15, 0.2) is 5.82 Å². The van der Waals surface area contributed by atoms with E-state index in [0.717, 1.165) is 51.9 Å². The number of benzene rings is 2. The number of nitrogens with zero attached hydrogens (tertiary/aromatic N) is 5. The number of para-hydroxylation sites is 1. The molecule has 0 unspecified atom stereocenters. The number of hydrogen-bond donors (Lipinski definition) is 1. The van der Waals surface area contributed by atoms with E-state index in [9.17, 15) is 9.59 Å². The van der Waals surface area contributed by atoms with Crippen LogP contribution in [0.5, 0.6) is 0 Å². The summed E-state index contributed by atoms with van der Waals surface area (Å²) in [5.41, 5.74) is 4.95. The number of aryl methyl sites for hydroxylation is 1. The van der Waals surface area contributed by atoms with Crippen molar-refractivity contribution < 1.29 is 14.3 Å². The minimum Gasteiger partial charge on any atom is -0.444 e. The van der Waals surface area contributed by atoms with Crippen molar-refractivity contribution in [2.75, 3.05) is 13.1 Å². The van der Waals surface area contributed by atoms with Crippen LogP contribution in [0.4, 0.5) is 4.79 Å². The first kappa shape index (κ1) is 27.5. The third kappa shape index (κ3) is 5.59. The number of nitrogens with one attached hydrogen (secondary N) is 1. The molecule has 1 saturated heterocycles. The van der Waals surface area contributed by atoms with Crippen LogP contribution in [-0.4, -0.2) is 60.7 Å². The highest BCUT2D eigenvalue weighted by molar-refractivity contribution is 5.98. The average Bonchev–Trinajstić information content (AvgIpc) is 3.49. The van der Waals surface area contributed by atoms with Crippen molar-refractivity contribution in [3.63, 3.8) is 0 Å². The van der Waals surface area contributed by atoms with E-state index in [1.807, 2.05) is 75.3 Å². The van der Waals surface area contributed by atoms with Crippen molar-refractivity contribution in [2.24, 2.45) is 7.05 Å². The molecule has 1 N–H and O–H groups in total. The van der Waals surface area contributed by atoms with Gasteiger partial charge in [-0.2, -0.15) is 0 Å². The van der Waals surface area contributed by atoms with Crippen molar-refractivity contribution in [2.45, 2.75) is 51.8 Å². The lowest BCUT2D eigenvalue weighted by molar-refractivity contribution is 0.0452. The molecule has 4 heterocycles. The lowest BCUT2D eigenvalue weighted by Gasteiger charge is -2.33. The third-order valence-electron chi connectivity index (χ3n) is 7.66. The number of hydrogen-bond acceptors (Lipinski definition) is 5. The topological polar surface area (TPSA) is 94.3 Å². The number of likely N-dealkylation sites (tertiary alicyclic amines) is 1. The SMILES string of the molecule is Cn1c(-c2cc3ccccc3n2Cc2cccnc2)nc2cc(C(=O)N3CCC[C@@H](NC(=O)OC(C)(C)C)C3)ccc21. The van der Waals surface area contributed by atoms with Gasteiger partial charge in [-0.1, -0.05) is 24.3 Å². The highest BCUT2D eigenvalue weighted by Crippen LogP contribution is 2.31. The number of pyridine rings is 1. The van der Waals surface area contributed by atoms with Gasteiger partial charge in [-0.15, -0.1) is 0 Å². The maximum atomic E-state index is 13.6. The molecule has 9 nitrogen and oxygen atoms in total. The molecule has 1 aliphatic rings. The Labute approximate surface area is 245 Å². The Balaban J connectivity index is 1.28. The van der Waals surface area contributed by atoms with Gasteiger partial charge in [-0.05, 0) is 75.6 Å². The van der Waals surface area contributed by atoms with E-state index in [1.54, 1.807) is 6.20 Å². The second kappa shape index (κ2) is 11.0. The molecule has 42 heavy (non-hydrogen) atoms. The van der Waals surface area contributed by atoms with Crippen LogP contribution in [-0.2, 0) is 18.3 Å². The Morgan fingerprint density at radius 1 is 1.05 bits per heavy atom. The van der Waals surface area contributed by atoms with Gasteiger partial charge >= 0.3 is 6.09 Å². The summed E-state index contributed by atoms with van der Waals surface area (Å²) in [7, 11) is 2.01. The summed E-state index contributed by atoms with van der Waals surface area (Å²) >= 11 is 0. The number of ether oxygens (including phenoxy) is 1. The molecule has 5 aromatic rings. The number of fused-ring (bicyclic) bond motifs is 2. The van der Waals surface area contributed by atoms with Gasteiger partial charge in [0.05, 0.1) is 16.7 Å². The Morgan fingerprint density at radius 2 is 1.88 bits per heavy atom. The van der Waals surface area contributed by atoms with Crippen LogP contribution in [0.25, 0.3) is 33.5 Å². The average molecular weight is 565 g/mol. The zero-order valence-electron chi connectivity index (χ0n) is 24.5. The van der Waals surface area contributed by atoms with Crippen molar-refractivity contribution in [1.29, 1.82) is 0 Å². The summed E-state index contributed by atoms with van der Waals surface area (Å²) < 4.78 is 9.76. The Bertz CT molecular complexity index is 1770. The van der Waals surface area contributed by atoms with Crippen LogP contribution in [0.1, 0.15) is 49.5 Å². The highest BCUT2D eigenvalue weighted by atomic mass is 16.6. The first-order valence-electron chi connectivity index (χ1n) is 14.4. The number of piperidine rings is 1. The number of amides is 2. The third-order valence-corrected chi connectivity index (χ3v) is 7.66. The van der Waals surface area contributed by atoms with Crippen LogP contribution in [0.3, 0.4) is 0 Å². The Hall–Kier alpha value is -4.66. The monoisotopic (exact) mass is 564 g/mol. The molecule has 0 spiro atoms. The zero-order valence-corrected chi connectivity index (χ0v) is 24.5. The molecule has 0 bridgehead atoms. The van der Waals surface area contributed by atoms with Crippen LogP contribution in [0, 0.1) is 0 Å². The van der Waals surface area contributed by atoms with Crippen molar-refractivity contribution >= 4 is 33.9 Å². The van der Waals surface area contributed by atoms with E-state index in [0.29, 0.717) is 25.2 Å². The molecule has 1 fully saturated rings.